The Bertz CT molecular complexity index is 226. The first kappa shape index (κ1) is 12.0. The van der Waals surface area contributed by atoms with Gasteiger partial charge in [-0.15, -0.1) is 0 Å². The van der Waals surface area contributed by atoms with Gasteiger partial charge in [-0.1, -0.05) is 17.3 Å². The Morgan fingerprint density at radius 3 is 3.00 bits per heavy atom. The topological polar surface area (TPSA) is 70.6 Å². The molecule has 4 heteroatoms. The van der Waals surface area contributed by atoms with E-state index in [0.29, 0.717) is 18.3 Å². The van der Waals surface area contributed by atoms with E-state index in [-0.39, 0.29) is 0 Å². The van der Waals surface area contributed by atoms with Gasteiger partial charge in [-0.25, -0.2) is 0 Å². The molecule has 0 spiro atoms. The Morgan fingerprint density at radius 1 is 1.47 bits per heavy atom. The maximum absolute atomic E-state index is 8.33. The summed E-state index contributed by atoms with van der Waals surface area (Å²) in [5, 5.41) is 14.8. The number of hydrogen-bond acceptors (Lipinski definition) is 3. The lowest BCUT2D eigenvalue weighted by atomic mass is 10.0. The molecule has 1 unspecified atom stereocenters. The summed E-state index contributed by atoms with van der Waals surface area (Å²) < 4.78 is 0. The average Bonchev–Trinajstić information content (AvgIpc) is 2.29. The molecule has 0 aromatic carbocycles. The van der Waals surface area contributed by atoms with Gasteiger partial charge in [0.05, 0.1) is 0 Å². The molecule has 0 aromatic heterocycles. The normalized spacial score (nSPS) is 21.9. The van der Waals surface area contributed by atoms with Gasteiger partial charge >= 0.3 is 0 Å². The number of amidine groups is 1. The van der Waals surface area contributed by atoms with Crippen LogP contribution < -0.4 is 11.1 Å². The highest BCUT2D eigenvalue weighted by Gasteiger charge is 2.07. The van der Waals surface area contributed by atoms with Crippen molar-refractivity contribution in [3.63, 3.8) is 0 Å². The maximum Gasteiger partial charge on any atom is 0.139 e. The van der Waals surface area contributed by atoms with Crippen molar-refractivity contribution in [2.45, 2.75) is 44.6 Å². The van der Waals surface area contributed by atoms with Crippen LogP contribution in [0.25, 0.3) is 0 Å². The first-order valence-corrected chi connectivity index (χ1v) is 5.67. The van der Waals surface area contributed by atoms with Crippen LogP contribution in [0.2, 0.25) is 0 Å². The summed E-state index contributed by atoms with van der Waals surface area (Å²) in [5.41, 5.74) is 5.37. The summed E-state index contributed by atoms with van der Waals surface area (Å²) in [6.07, 6.45) is 10.8. The fraction of sp³-hybridized carbons (Fsp3) is 0.727. The van der Waals surface area contributed by atoms with E-state index >= 15 is 0 Å². The van der Waals surface area contributed by atoms with E-state index in [1.807, 2.05) is 0 Å². The van der Waals surface area contributed by atoms with Gasteiger partial charge in [0.25, 0.3) is 0 Å². The SMILES string of the molecule is NC(CCCCNC1CC=CCC1)=NO. The molecule has 0 aliphatic heterocycles. The van der Waals surface area contributed by atoms with E-state index in [0.717, 1.165) is 25.8 Å². The van der Waals surface area contributed by atoms with Crippen LogP contribution in [0.3, 0.4) is 0 Å². The van der Waals surface area contributed by atoms with Gasteiger partial charge in [-0.3, -0.25) is 0 Å². The molecule has 0 saturated carbocycles. The number of unbranched alkanes of at least 4 members (excludes halogenated alkanes) is 1. The zero-order valence-electron chi connectivity index (χ0n) is 9.15. The van der Waals surface area contributed by atoms with Crippen molar-refractivity contribution < 1.29 is 5.21 Å². The van der Waals surface area contributed by atoms with Gasteiger partial charge in [0.1, 0.15) is 5.84 Å². The minimum absolute atomic E-state index is 0.329. The molecule has 0 aromatic rings. The van der Waals surface area contributed by atoms with Crippen LogP contribution in [0.4, 0.5) is 0 Å². The van der Waals surface area contributed by atoms with E-state index in [1.54, 1.807) is 0 Å². The van der Waals surface area contributed by atoms with Gasteiger partial charge in [-0.05, 0) is 38.6 Å². The summed E-state index contributed by atoms with van der Waals surface area (Å²) in [5.74, 6) is 0.329. The van der Waals surface area contributed by atoms with Crippen LogP contribution in [0.1, 0.15) is 38.5 Å². The summed E-state index contributed by atoms with van der Waals surface area (Å²) >= 11 is 0. The predicted octanol–water partition coefficient (Wildman–Crippen LogP) is 1.60. The van der Waals surface area contributed by atoms with Crippen LogP contribution in [-0.2, 0) is 0 Å². The second-order valence-electron chi connectivity index (χ2n) is 3.98. The molecule has 1 rings (SSSR count). The molecular formula is C11H21N3O. The minimum atomic E-state index is 0.329. The number of nitrogens with zero attached hydrogens (tertiary/aromatic N) is 1. The number of nitrogens with two attached hydrogens (primary N) is 1. The van der Waals surface area contributed by atoms with Crippen LogP contribution in [0.5, 0.6) is 0 Å². The Morgan fingerprint density at radius 2 is 2.33 bits per heavy atom. The van der Waals surface area contributed by atoms with Crippen LogP contribution in [0, 0.1) is 0 Å². The highest BCUT2D eigenvalue weighted by molar-refractivity contribution is 5.79. The standard InChI is InChI=1S/C11H21N3O/c12-11(14-15)8-4-5-9-13-10-6-2-1-3-7-10/h1-2,10,13,15H,3-9H2,(H2,12,14). The maximum atomic E-state index is 8.33. The van der Waals surface area contributed by atoms with Gasteiger partial charge in [-0.2, -0.15) is 0 Å². The van der Waals surface area contributed by atoms with Crippen molar-refractivity contribution in [1.29, 1.82) is 0 Å². The minimum Gasteiger partial charge on any atom is -0.409 e. The zero-order chi connectivity index (χ0) is 10.9. The molecule has 4 N–H and O–H groups in total. The summed E-state index contributed by atoms with van der Waals surface area (Å²) in [6.45, 7) is 1.03. The van der Waals surface area contributed by atoms with Gasteiger partial charge in [0, 0.05) is 12.5 Å². The van der Waals surface area contributed by atoms with E-state index in [9.17, 15) is 0 Å². The van der Waals surface area contributed by atoms with Crippen molar-refractivity contribution in [3.8, 4) is 0 Å². The number of rotatable bonds is 6. The fourth-order valence-electron chi connectivity index (χ4n) is 1.77. The summed E-state index contributed by atoms with van der Waals surface area (Å²) in [7, 11) is 0. The Hall–Kier alpha value is -1.03. The predicted molar refractivity (Wildman–Crippen MR) is 62.0 cm³/mol. The first-order valence-electron chi connectivity index (χ1n) is 5.67. The van der Waals surface area contributed by atoms with E-state index in [2.05, 4.69) is 22.6 Å². The molecule has 0 fully saturated rings. The highest BCUT2D eigenvalue weighted by atomic mass is 16.4. The fourth-order valence-corrected chi connectivity index (χ4v) is 1.77. The smallest absolute Gasteiger partial charge is 0.139 e. The third-order valence-electron chi connectivity index (χ3n) is 2.69. The Kier molecular flexibility index (Phi) is 5.85. The largest absolute Gasteiger partial charge is 0.409 e. The molecule has 86 valence electrons. The van der Waals surface area contributed by atoms with Gasteiger partial charge < -0.3 is 16.3 Å². The van der Waals surface area contributed by atoms with Gasteiger partial charge in [0.2, 0.25) is 0 Å². The third-order valence-corrected chi connectivity index (χ3v) is 2.69. The highest BCUT2D eigenvalue weighted by Crippen LogP contribution is 2.10. The molecular weight excluding hydrogens is 190 g/mol. The molecule has 15 heavy (non-hydrogen) atoms. The lowest BCUT2D eigenvalue weighted by Gasteiger charge is -2.19. The molecule has 4 nitrogen and oxygen atoms in total. The molecule has 0 radical (unpaired) electrons. The second kappa shape index (κ2) is 7.29. The van der Waals surface area contributed by atoms with Gasteiger partial charge in [0.15, 0.2) is 0 Å². The summed E-state index contributed by atoms with van der Waals surface area (Å²) in [6, 6.07) is 0.652. The monoisotopic (exact) mass is 211 g/mol. The van der Waals surface area contributed by atoms with E-state index in [4.69, 9.17) is 10.9 Å². The zero-order valence-corrected chi connectivity index (χ0v) is 9.15. The molecule has 0 heterocycles. The Labute approximate surface area is 91.2 Å². The number of nitrogens with one attached hydrogen (secondary N) is 1. The lowest BCUT2D eigenvalue weighted by molar-refractivity contribution is 0.316. The van der Waals surface area contributed by atoms with Crippen molar-refractivity contribution in [2.24, 2.45) is 10.9 Å². The Balaban J connectivity index is 1.95. The lowest BCUT2D eigenvalue weighted by Crippen LogP contribution is -2.30. The summed E-state index contributed by atoms with van der Waals surface area (Å²) in [4.78, 5) is 0. The van der Waals surface area contributed by atoms with Crippen LogP contribution in [0.15, 0.2) is 17.3 Å². The number of oxime groups is 1. The first-order chi connectivity index (χ1) is 7.33. The molecule has 0 amide bonds. The third kappa shape index (κ3) is 5.42. The van der Waals surface area contributed by atoms with Crippen molar-refractivity contribution in [1.82, 2.24) is 5.32 Å². The van der Waals surface area contributed by atoms with Crippen molar-refractivity contribution >= 4 is 5.84 Å². The van der Waals surface area contributed by atoms with Crippen molar-refractivity contribution in [3.05, 3.63) is 12.2 Å². The molecule has 1 aliphatic carbocycles. The average molecular weight is 211 g/mol. The second-order valence-corrected chi connectivity index (χ2v) is 3.98. The molecule has 0 bridgehead atoms. The number of hydrogen-bond donors (Lipinski definition) is 3. The van der Waals surface area contributed by atoms with Crippen LogP contribution in [-0.4, -0.2) is 23.6 Å². The van der Waals surface area contributed by atoms with Crippen molar-refractivity contribution in [2.75, 3.05) is 6.54 Å². The van der Waals surface area contributed by atoms with Crippen LogP contribution >= 0.6 is 0 Å². The quantitative estimate of drug-likeness (QED) is 0.156. The molecule has 0 saturated heterocycles. The van der Waals surface area contributed by atoms with E-state index in [1.165, 1.54) is 12.8 Å². The van der Waals surface area contributed by atoms with E-state index < -0.39 is 0 Å². The number of allylic oxidation sites excluding steroid dienone is 1. The molecule has 1 aliphatic rings. The molecule has 1 atom stereocenters.